The van der Waals surface area contributed by atoms with Gasteiger partial charge in [0.25, 0.3) is 12.2 Å². The van der Waals surface area contributed by atoms with E-state index in [9.17, 15) is 62.3 Å². The molecule has 184 valence electrons. The topological polar surface area (TPSA) is 52.6 Å². The second-order valence-electron chi connectivity index (χ2n) is 7.25. The van der Waals surface area contributed by atoms with E-state index in [2.05, 4.69) is 9.47 Å². The number of halogens is 12. The van der Waals surface area contributed by atoms with Gasteiger partial charge in [-0.2, -0.15) is 52.7 Å². The molecule has 0 radical (unpaired) electrons. The van der Waals surface area contributed by atoms with Crippen molar-refractivity contribution in [2.24, 2.45) is 10.8 Å². The first-order chi connectivity index (χ1) is 13.3. The van der Waals surface area contributed by atoms with Crippen LogP contribution in [-0.2, 0) is 19.1 Å². The van der Waals surface area contributed by atoms with Crippen molar-refractivity contribution in [1.29, 1.82) is 0 Å². The Kier molecular flexibility index (Phi) is 8.04. The predicted molar refractivity (Wildman–Crippen MR) is 76.2 cm³/mol. The lowest BCUT2D eigenvalue weighted by Crippen LogP contribution is -2.57. The summed E-state index contributed by atoms with van der Waals surface area (Å²) in [6, 6.07) is 0. The lowest BCUT2D eigenvalue weighted by atomic mass is 9.64. The van der Waals surface area contributed by atoms with E-state index in [1.54, 1.807) is 0 Å². The molecule has 0 aromatic heterocycles. The molecule has 0 rings (SSSR count). The van der Waals surface area contributed by atoms with Crippen molar-refractivity contribution >= 4 is 11.9 Å². The Bertz CT molecular complexity index is 577. The summed E-state index contributed by atoms with van der Waals surface area (Å²) >= 11 is 0. The largest absolute Gasteiger partial charge is 0.442 e. The highest BCUT2D eigenvalue weighted by molar-refractivity contribution is 6.01. The fourth-order valence-electron chi connectivity index (χ4n) is 2.57. The zero-order valence-electron chi connectivity index (χ0n) is 16.0. The molecule has 0 aliphatic heterocycles. The highest BCUT2D eigenvalue weighted by atomic mass is 19.4. The zero-order valence-corrected chi connectivity index (χ0v) is 16.0. The number of carbonyl (C=O) groups is 2. The van der Waals surface area contributed by atoms with Gasteiger partial charge in [0, 0.05) is 0 Å². The quantitative estimate of drug-likeness (QED) is 0.291. The zero-order chi connectivity index (χ0) is 25.4. The predicted octanol–water partition coefficient (Wildman–Crippen LogP) is 5.50. The second kappa shape index (κ2) is 8.56. The summed E-state index contributed by atoms with van der Waals surface area (Å²) in [5, 5.41) is 0. The lowest BCUT2D eigenvalue weighted by Gasteiger charge is -2.41. The summed E-state index contributed by atoms with van der Waals surface area (Å²) in [4.78, 5) is 24.6. The molecule has 0 aliphatic rings. The van der Waals surface area contributed by atoms with Crippen molar-refractivity contribution in [3.05, 3.63) is 0 Å². The van der Waals surface area contributed by atoms with E-state index < -0.39 is 66.1 Å². The van der Waals surface area contributed by atoms with Crippen LogP contribution in [0.15, 0.2) is 0 Å². The van der Waals surface area contributed by atoms with Crippen molar-refractivity contribution in [2.45, 2.75) is 71.0 Å². The summed E-state index contributed by atoms with van der Waals surface area (Å²) in [6.07, 6.45) is -35.8. The summed E-state index contributed by atoms with van der Waals surface area (Å²) in [5.74, 6) is -5.31. The van der Waals surface area contributed by atoms with Crippen molar-refractivity contribution < 1.29 is 71.7 Å². The maximum absolute atomic E-state index is 12.7. The minimum Gasteiger partial charge on any atom is -0.442 e. The molecule has 4 nitrogen and oxygen atoms in total. The molecule has 0 aliphatic carbocycles. The molecule has 16 heteroatoms. The second-order valence-corrected chi connectivity index (χ2v) is 7.25. The van der Waals surface area contributed by atoms with E-state index in [0.717, 1.165) is 27.7 Å². The van der Waals surface area contributed by atoms with Gasteiger partial charge in [-0.1, -0.05) is 27.7 Å². The van der Waals surface area contributed by atoms with Crippen LogP contribution in [0.1, 0.15) is 34.1 Å². The Balaban J connectivity index is 6.47. The van der Waals surface area contributed by atoms with Crippen LogP contribution in [0.25, 0.3) is 0 Å². The van der Waals surface area contributed by atoms with Crippen molar-refractivity contribution in [2.75, 3.05) is 0 Å². The van der Waals surface area contributed by atoms with Gasteiger partial charge >= 0.3 is 36.6 Å². The third kappa shape index (κ3) is 6.54. The summed E-state index contributed by atoms with van der Waals surface area (Å²) in [6.45, 7) is 3.14. The van der Waals surface area contributed by atoms with Crippen LogP contribution in [-0.4, -0.2) is 48.9 Å². The normalized spacial score (nSPS) is 14.8. The average molecular weight is 488 g/mol. The number of hydrogen-bond acceptors (Lipinski definition) is 4. The SMILES string of the molecule is CCC(C(=O)OC(C(F)(F)F)C(F)(F)F)(C(=O)OC(C(F)(F)F)C(F)(F)F)C(C)(C)C. The van der Waals surface area contributed by atoms with E-state index in [1.807, 2.05) is 0 Å². The van der Waals surface area contributed by atoms with Crippen molar-refractivity contribution in [1.82, 2.24) is 0 Å². The molecule has 0 bridgehead atoms. The first-order valence-corrected chi connectivity index (χ1v) is 8.02. The highest BCUT2D eigenvalue weighted by Crippen LogP contribution is 2.48. The molecular formula is C15H16F12O4. The van der Waals surface area contributed by atoms with Crippen LogP contribution < -0.4 is 0 Å². The number of ether oxygens (including phenoxy) is 2. The van der Waals surface area contributed by atoms with Crippen LogP contribution >= 0.6 is 0 Å². The van der Waals surface area contributed by atoms with E-state index in [-0.39, 0.29) is 0 Å². The molecule has 0 heterocycles. The Labute approximate surface area is 166 Å². The van der Waals surface area contributed by atoms with Gasteiger partial charge in [-0.05, 0) is 11.8 Å². The molecule has 0 saturated carbocycles. The summed E-state index contributed by atoms with van der Waals surface area (Å²) in [7, 11) is 0. The Morgan fingerprint density at radius 1 is 0.613 bits per heavy atom. The molecule has 0 N–H and O–H groups in total. The number of rotatable bonds is 5. The van der Waals surface area contributed by atoms with Crippen molar-refractivity contribution in [3.8, 4) is 0 Å². The Morgan fingerprint density at radius 3 is 0.968 bits per heavy atom. The van der Waals surface area contributed by atoms with Crippen LogP contribution in [0.2, 0.25) is 0 Å². The van der Waals surface area contributed by atoms with Crippen LogP contribution in [0.3, 0.4) is 0 Å². The molecule has 0 amide bonds. The fraction of sp³-hybridized carbons (Fsp3) is 0.867. The molecule has 0 aromatic rings. The maximum Gasteiger partial charge on any atom is 0.434 e. The van der Waals surface area contributed by atoms with Gasteiger partial charge in [0.2, 0.25) is 0 Å². The smallest absolute Gasteiger partial charge is 0.434 e. The third-order valence-electron chi connectivity index (χ3n) is 4.15. The van der Waals surface area contributed by atoms with Gasteiger partial charge in [0.1, 0.15) is 0 Å². The minimum absolute atomic E-state index is 0.750. The molecular weight excluding hydrogens is 472 g/mol. The highest BCUT2D eigenvalue weighted by Gasteiger charge is 2.66. The van der Waals surface area contributed by atoms with E-state index >= 15 is 0 Å². The van der Waals surface area contributed by atoms with E-state index in [1.165, 1.54) is 0 Å². The average Bonchev–Trinajstić information content (AvgIpc) is 2.45. The van der Waals surface area contributed by atoms with Crippen LogP contribution in [0, 0.1) is 10.8 Å². The minimum atomic E-state index is -6.25. The number of hydrogen-bond donors (Lipinski definition) is 0. The molecule has 0 spiro atoms. The summed E-state index contributed by atoms with van der Waals surface area (Å²) in [5.41, 5.74) is -5.53. The monoisotopic (exact) mass is 488 g/mol. The molecule has 31 heavy (non-hydrogen) atoms. The van der Waals surface area contributed by atoms with Gasteiger partial charge < -0.3 is 9.47 Å². The van der Waals surface area contributed by atoms with Crippen LogP contribution in [0.4, 0.5) is 52.7 Å². The standard InChI is InChI=1S/C15H16F12O4/c1-5-11(10(2,3)4,8(28)30-6(12(16,17)18)13(19,20)21)9(29)31-7(14(22,23)24)15(25,26)27/h6-7H,5H2,1-4H3. The Morgan fingerprint density at radius 2 is 0.839 bits per heavy atom. The number of carbonyl (C=O) groups excluding carboxylic acids is 2. The first kappa shape index (κ1) is 29.1. The molecule has 0 atom stereocenters. The molecule has 0 saturated heterocycles. The van der Waals surface area contributed by atoms with Gasteiger partial charge in [-0.25, -0.2) is 0 Å². The van der Waals surface area contributed by atoms with E-state index in [4.69, 9.17) is 0 Å². The van der Waals surface area contributed by atoms with Gasteiger partial charge in [-0.3, -0.25) is 9.59 Å². The van der Waals surface area contributed by atoms with Gasteiger partial charge in [0.15, 0.2) is 5.41 Å². The maximum atomic E-state index is 12.7. The third-order valence-corrected chi connectivity index (χ3v) is 4.15. The lowest BCUT2D eigenvalue weighted by molar-refractivity contribution is -0.322. The number of alkyl halides is 12. The van der Waals surface area contributed by atoms with Gasteiger partial charge in [0.05, 0.1) is 0 Å². The molecule has 0 unspecified atom stereocenters. The molecule has 0 fully saturated rings. The van der Waals surface area contributed by atoms with Gasteiger partial charge in [-0.15, -0.1) is 0 Å². The molecule has 0 aromatic carbocycles. The van der Waals surface area contributed by atoms with Crippen LogP contribution in [0.5, 0.6) is 0 Å². The Hall–Kier alpha value is -1.90. The number of esters is 2. The first-order valence-electron chi connectivity index (χ1n) is 8.02. The van der Waals surface area contributed by atoms with Crippen molar-refractivity contribution in [3.63, 3.8) is 0 Å². The summed E-state index contributed by atoms with van der Waals surface area (Å²) < 4.78 is 159. The fourth-order valence-corrected chi connectivity index (χ4v) is 2.57. The van der Waals surface area contributed by atoms with E-state index in [0.29, 0.717) is 0 Å².